The monoisotopic (exact) mass is 298 g/mol. The van der Waals surface area contributed by atoms with Gasteiger partial charge in [0.25, 0.3) is 0 Å². The van der Waals surface area contributed by atoms with Crippen LogP contribution in [0.15, 0.2) is 0 Å². The predicted molar refractivity (Wildman–Crippen MR) is 83.0 cm³/mol. The third kappa shape index (κ3) is 10.5. The molecule has 17 heavy (non-hydrogen) atoms. The molecule has 0 aromatic rings. The molecule has 0 radical (unpaired) electrons. The maximum absolute atomic E-state index is 9.50. The molecule has 0 rings (SSSR count). The van der Waals surface area contributed by atoms with E-state index >= 15 is 0 Å². The number of hydrogen-bond donors (Lipinski definition) is 2. The van der Waals surface area contributed by atoms with Gasteiger partial charge in [-0.05, 0) is 31.6 Å². The van der Waals surface area contributed by atoms with Crippen molar-refractivity contribution in [2.75, 3.05) is 0 Å². The van der Waals surface area contributed by atoms with Gasteiger partial charge in [-0.2, -0.15) is 0 Å². The second-order valence-electron chi connectivity index (χ2n) is 4.95. The van der Waals surface area contributed by atoms with Crippen LogP contribution in [0, 0.1) is 0 Å². The van der Waals surface area contributed by atoms with E-state index in [2.05, 4.69) is 20.8 Å². The van der Waals surface area contributed by atoms with Gasteiger partial charge in [-0.25, -0.2) is 0 Å². The van der Waals surface area contributed by atoms with Gasteiger partial charge in [-0.15, -0.1) is 0 Å². The first-order valence-corrected chi connectivity index (χ1v) is 10.7. The largest absolute Gasteiger partial charge is 0.338 e. The summed E-state index contributed by atoms with van der Waals surface area (Å²) in [6.45, 7) is 6.50. The quantitative estimate of drug-likeness (QED) is 0.447. The Morgan fingerprint density at radius 2 is 1.53 bits per heavy atom. The standard InChI is InChI=1S/C12H27O2PS2/c1-4-6-8-9-11-12(3,10-7-5-2)17-15(13,14)16/h4-11H2,1-3H3,(H2,13,14,16). The van der Waals surface area contributed by atoms with Crippen LogP contribution in [-0.4, -0.2) is 14.5 Å². The molecule has 104 valence electrons. The Kier molecular flexibility index (Phi) is 9.41. The minimum absolute atomic E-state index is 0.0528. The fourth-order valence-corrected chi connectivity index (χ4v) is 6.92. The van der Waals surface area contributed by atoms with E-state index in [-0.39, 0.29) is 4.75 Å². The molecule has 1 unspecified atom stereocenters. The third-order valence-corrected chi connectivity index (χ3v) is 6.75. The highest BCUT2D eigenvalue weighted by Gasteiger charge is 2.29. The maximum atomic E-state index is 9.50. The molecule has 1 atom stereocenters. The van der Waals surface area contributed by atoms with E-state index in [9.17, 15) is 9.79 Å². The zero-order chi connectivity index (χ0) is 13.4. The fourth-order valence-electron chi connectivity index (χ4n) is 1.98. The Bertz CT molecular complexity index is 243. The van der Waals surface area contributed by atoms with Gasteiger partial charge in [0.05, 0.1) is 0 Å². The second kappa shape index (κ2) is 8.92. The molecule has 0 aliphatic rings. The van der Waals surface area contributed by atoms with Crippen LogP contribution in [0.3, 0.4) is 0 Å². The lowest BCUT2D eigenvalue weighted by atomic mass is 9.96. The topological polar surface area (TPSA) is 40.5 Å². The van der Waals surface area contributed by atoms with Crippen LogP contribution in [0.4, 0.5) is 0 Å². The lowest BCUT2D eigenvalue weighted by Gasteiger charge is -2.30. The second-order valence-corrected chi connectivity index (χ2v) is 11.4. The van der Waals surface area contributed by atoms with Crippen molar-refractivity contribution in [2.24, 2.45) is 0 Å². The minimum atomic E-state index is -3.13. The summed E-state index contributed by atoms with van der Waals surface area (Å²) in [7, 11) is 0. The molecule has 5 heteroatoms. The molecule has 0 spiro atoms. The summed E-state index contributed by atoms with van der Waals surface area (Å²) in [4.78, 5) is 19.0. The molecule has 0 aliphatic carbocycles. The summed E-state index contributed by atoms with van der Waals surface area (Å²) in [5.74, 6) is 0. The van der Waals surface area contributed by atoms with Crippen molar-refractivity contribution in [1.82, 2.24) is 0 Å². The third-order valence-electron chi connectivity index (χ3n) is 2.96. The van der Waals surface area contributed by atoms with Crippen molar-refractivity contribution < 1.29 is 9.79 Å². The molecule has 0 amide bonds. The molecule has 0 heterocycles. The zero-order valence-corrected chi connectivity index (χ0v) is 13.8. The van der Waals surface area contributed by atoms with Gasteiger partial charge < -0.3 is 9.79 Å². The molecule has 0 aromatic heterocycles. The Morgan fingerprint density at radius 1 is 1.00 bits per heavy atom. The molecule has 0 aromatic carbocycles. The van der Waals surface area contributed by atoms with Crippen LogP contribution in [0.25, 0.3) is 0 Å². The van der Waals surface area contributed by atoms with Crippen molar-refractivity contribution in [3.05, 3.63) is 0 Å². The smallest absolute Gasteiger partial charge is 0.242 e. The SMILES string of the molecule is CCCCCCC(C)(CCCC)SP(O)(O)=S. The molecular weight excluding hydrogens is 271 g/mol. The van der Waals surface area contributed by atoms with Gasteiger partial charge in [0.2, 0.25) is 5.69 Å². The number of rotatable bonds is 10. The first kappa shape index (κ1) is 17.9. The molecule has 0 bridgehead atoms. The van der Waals surface area contributed by atoms with E-state index in [1.807, 2.05) is 0 Å². The predicted octanol–water partition coefficient (Wildman–Crippen LogP) is 4.85. The lowest BCUT2D eigenvalue weighted by Crippen LogP contribution is -2.19. The molecule has 0 fully saturated rings. The van der Waals surface area contributed by atoms with Gasteiger partial charge in [0.1, 0.15) is 0 Å². The van der Waals surface area contributed by atoms with Crippen molar-refractivity contribution in [1.29, 1.82) is 0 Å². The number of hydrogen-bond acceptors (Lipinski definition) is 2. The van der Waals surface area contributed by atoms with Crippen LogP contribution in [-0.2, 0) is 11.8 Å². The van der Waals surface area contributed by atoms with Crippen LogP contribution in [0.1, 0.15) is 72.1 Å². The van der Waals surface area contributed by atoms with Gasteiger partial charge in [-0.3, -0.25) is 0 Å². The Labute approximate surface area is 116 Å². The average Bonchev–Trinajstić information content (AvgIpc) is 2.19. The summed E-state index contributed by atoms with van der Waals surface area (Å²) in [6, 6.07) is 0. The van der Waals surface area contributed by atoms with Crippen LogP contribution in [0.2, 0.25) is 0 Å². The van der Waals surface area contributed by atoms with E-state index in [0.717, 1.165) is 32.1 Å². The Morgan fingerprint density at radius 3 is 2.00 bits per heavy atom. The fraction of sp³-hybridized carbons (Fsp3) is 1.00. The molecular formula is C12H27O2PS2. The van der Waals surface area contributed by atoms with Crippen molar-refractivity contribution in [3.63, 3.8) is 0 Å². The van der Waals surface area contributed by atoms with Crippen LogP contribution >= 0.6 is 17.1 Å². The maximum Gasteiger partial charge on any atom is 0.242 e. The summed E-state index contributed by atoms with van der Waals surface area (Å²) in [6.07, 6.45) is 9.24. The first-order chi connectivity index (χ1) is 7.83. The summed E-state index contributed by atoms with van der Waals surface area (Å²) in [5.41, 5.74) is -3.13. The first-order valence-electron chi connectivity index (χ1n) is 6.59. The molecule has 0 aliphatic heterocycles. The zero-order valence-electron chi connectivity index (χ0n) is 11.3. The molecule has 0 saturated heterocycles. The van der Waals surface area contributed by atoms with E-state index < -0.39 is 5.69 Å². The normalized spacial score (nSPS) is 15.8. The highest BCUT2D eigenvalue weighted by molar-refractivity contribution is 8.67. The molecule has 2 nitrogen and oxygen atoms in total. The summed E-state index contributed by atoms with van der Waals surface area (Å²) in [5, 5.41) is 0. The van der Waals surface area contributed by atoms with Gasteiger partial charge in [-0.1, -0.05) is 63.8 Å². The van der Waals surface area contributed by atoms with E-state index in [4.69, 9.17) is 11.8 Å². The molecule has 0 saturated carbocycles. The van der Waals surface area contributed by atoms with Crippen LogP contribution in [0.5, 0.6) is 0 Å². The van der Waals surface area contributed by atoms with Gasteiger partial charge in [0, 0.05) is 4.75 Å². The van der Waals surface area contributed by atoms with Gasteiger partial charge in [0.15, 0.2) is 0 Å². The Hall–Kier alpha value is 0.920. The van der Waals surface area contributed by atoms with Crippen molar-refractivity contribution in [3.8, 4) is 0 Å². The van der Waals surface area contributed by atoms with E-state index in [1.165, 1.54) is 30.6 Å². The minimum Gasteiger partial charge on any atom is -0.338 e. The van der Waals surface area contributed by atoms with E-state index in [0.29, 0.717) is 0 Å². The van der Waals surface area contributed by atoms with E-state index in [1.54, 1.807) is 0 Å². The summed E-state index contributed by atoms with van der Waals surface area (Å²) < 4.78 is -0.0528. The average molecular weight is 298 g/mol. The lowest BCUT2D eigenvalue weighted by molar-refractivity contribution is 0.477. The highest BCUT2D eigenvalue weighted by atomic mass is 32.9. The van der Waals surface area contributed by atoms with Gasteiger partial charge >= 0.3 is 0 Å². The Balaban J connectivity index is 4.23. The highest BCUT2D eigenvalue weighted by Crippen LogP contribution is 2.59. The van der Waals surface area contributed by atoms with Crippen molar-refractivity contribution >= 4 is 28.9 Å². The van der Waals surface area contributed by atoms with Crippen LogP contribution < -0.4 is 0 Å². The van der Waals surface area contributed by atoms with Crippen molar-refractivity contribution in [2.45, 2.75) is 76.9 Å². The number of unbranched alkanes of at least 4 members (excludes halogenated alkanes) is 4. The molecule has 2 N–H and O–H groups in total. The summed E-state index contributed by atoms with van der Waals surface area (Å²) >= 11 is 6.01.